The molecular weight excluding hydrogens is 308 g/mol. The quantitative estimate of drug-likeness (QED) is 0.681. The van der Waals surface area contributed by atoms with E-state index in [2.05, 4.69) is 31.2 Å². The standard InChI is InChI=1S/C13H9BrN4O/c1-18-11(13(14)16-17-18)12(19)9-4-5-10-8(7-9)3-2-6-15-10/h2-7H,1H3. The number of ketones is 1. The summed E-state index contributed by atoms with van der Waals surface area (Å²) in [5.41, 5.74) is 1.89. The molecule has 2 aromatic heterocycles. The van der Waals surface area contributed by atoms with Crippen molar-refractivity contribution >= 4 is 32.6 Å². The molecule has 0 radical (unpaired) electrons. The molecule has 0 unspecified atom stereocenters. The summed E-state index contributed by atoms with van der Waals surface area (Å²) in [6.07, 6.45) is 1.73. The normalized spacial score (nSPS) is 10.8. The summed E-state index contributed by atoms with van der Waals surface area (Å²) in [5, 5.41) is 8.56. The monoisotopic (exact) mass is 316 g/mol. The van der Waals surface area contributed by atoms with E-state index in [1.165, 1.54) is 4.68 Å². The molecule has 5 nitrogen and oxygen atoms in total. The number of hydrogen-bond acceptors (Lipinski definition) is 4. The van der Waals surface area contributed by atoms with Crippen molar-refractivity contribution in [2.24, 2.45) is 7.05 Å². The first-order valence-corrected chi connectivity index (χ1v) is 6.41. The molecule has 6 heteroatoms. The Labute approximate surface area is 117 Å². The zero-order chi connectivity index (χ0) is 13.4. The Morgan fingerprint density at radius 3 is 2.89 bits per heavy atom. The number of aryl methyl sites for hydroxylation is 1. The van der Waals surface area contributed by atoms with Crippen molar-refractivity contribution in [1.82, 2.24) is 20.0 Å². The maximum atomic E-state index is 12.4. The summed E-state index contributed by atoms with van der Waals surface area (Å²) in [7, 11) is 1.69. The third-order valence-corrected chi connectivity index (χ3v) is 3.40. The van der Waals surface area contributed by atoms with Gasteiger partial charge in [-0.25, -0.2) is 4.68 Å². The number of nitrogens with zero attached hydrogens (tertiary/aromatic N) is 4. The van der Waals surface area contributed by atoms with Gasteiger partial charge in [-0.05, 0) is 40.2 Å². The molecule has 19 heavy (non-hydrogen) atoms. The summed E-state index contributed by atoms with van der Waals surface area (Å²) in [5.74, 6) is -0.120. The first-order valence-electron chi connectivity index (χ1n) is 5.61. The van der Waals surface area contributed by atoms with Crippen LogP contribution in [0.1, 0.15) is 16.1 Å². The Morgan fingerprint density at radius 2 is 2.16 bits per heavy atom. The van der Waals surface area contributed by atoms with Gasteiger partial charge < -0.3 is 0 Å². The molecule has 1 aromatic carbocycles. The fraction of sp³-hybridized carbons (Fsp3) is 0.0769. The van der Waals surface area contributed by atoms with Crippen LogP contribution in [0.5, 0.6) is 0 Å². The number of pyridine rings is 1. The van der Waals surface area contributed by atoms with Crippen molar-refractivity contribution in [3.63, 3.8) is 0 Å². The molecule has 0 saturated heterocycles. The van der Waals surface area contributed by atoms with E-state index in [4.69, 9.17) is 0 Å². The first-order chi connectivity index (χ1) is 9.16. The predicted octanol–water partition coefficient (Wildman–Crippen LogP) is 2.36. The Bertz CT molecular complexity index is 762. The fourth-order valence-electron chi connectivity index (χ4n) is 1.93. The van der Waals surface area contributed by atoms with Crippen LogP contribution in [0.3, 0.4) is 0 Å². The van der Waals surface area contributed by atoms with Crippen LogP contribution in [-0.2, 0) is 7.05 Å². The predicted molar refractivity (Wildman–Crippen MR) is 73.9 cm³/mol. The lowest BCUT2D eigenvalue weighted by molar-refractivity contribution is 0.102. The van der Waals surface area contributed by atoms with Gasteiger partial charge in [0, 0.05) is 24.2 Å². The lowest BCUT2D eigenvalue weighted by Crippen LogP contribution is -2.08. The summed E-state index contributed by atoms with van der Waals surface area (Å²) in [6.45, 7) is 0. The van der Waals surface area contributed by atoms with E-state index >= 15 is 0 Å². The first kappa shape index (κ1) is 12.0. The van der Waals surface area contributed by atoms with Crippen LogP contribution in [0, 0.1) is 0 Å². The van der Waals surface area contributed by atoms with Crippen LogP contribution < -0.4 is 0 Å². The average molecular weight is 317 g/mol. The molecule has 3 aromatic rings. The van der Waals surface area contributed by atoms with Gasteiger partial charge in [0.1, 0.15) is 5.69 Å². The molecule has 0 atom stereocenters. The van der Waals surface area contributed by atoms with Crippen molar-refractivity contribution < 1.29 is 4.79 Å². The molecule has 0 aliphatic rings. The zero-order valence-corrected chi connectivity index (χ0v) is 11.6. The van der Waals surface area contributed by atoms with Crippen molar-refractivity contribution in [3.05, 3.63) is 52.4 Å². The van der Waals surface area contributed by atoms with Crippen LogP contribution in [0.2, 0.25) is 0 Å². The molecule has 0 saturated carbocycles. The number of aromatic nitrogens is 4. The highest BCUT2D eigenvalue weighted by molar-refractivity contribution is 9.10. The van der Waals surface area contributed by atoms with Crippen LogP contribution >= 0.6 is 15.9 Å². The van der Waals surface area contributed by atoms with Crippen molar-refractivity contribution in [2.75, 3.05) is 0 Å². The van der Waals surface area contributed by atoms with E-state index < -0.39 is 0 Å². The van der Waals surface area contributed by atoms with Gasteiger partial charge in [0.05, 0.1) is 5.52 Å². The van der Waals surface area contributed by atoms with E-state index in [1.54, 1.807) is 19.3 Å². The molecule has 0 spiro atoms. The SMILES string of the molecule is Cn1nnc(Br)c1C(=O)c1ccc2ncccc2c1. The average Bonchev–Trinajstić information content (AvgIpc) is 2.77. The Hall–Kier alpha value is -2.08. The number of carbonyl (C=O) groups is 1. The van der Waals surface area contributed by atoms with Crippen molar-refractivity contribution in [1.29, 1.82) is 0 Å². The topological polar surface area (TPSA) is 60.7 Å². The number of halogens is 1. The highest BCUT2D eigenvalue weighted by Gasteiger charge is 2.18. The second kappa shape index (κ2) is 4.55. The van der Waals surface area contributed by atoms with E-state index in [1.807, 2.05) is 24.3 Å². The molecule has 0 N–H and O–H groups in total. The largest absolute Gasteiger partial charge is 0.287 e. The summed E-state index contributed by atoms with van der Waals surface area (Å²) in [6, 6.07) is 9.19. The van der Waals surface area contributed by atoms with Crippen LogP contribution in [0.25, 0.3) is 10.9 Å². The molecular formula is C13H9BrN4O. The molecule has 0 aliphatic heterocycles. The second-order valence-electron chi connectivity index (χ2n) is 4.09. The second-order valence-corrected chi connectivity index (χ2v) is 4.84. The van der Waals surface area contributed by atoms with Gasteiger partial charge >= 0.3 is 0 Å². The maximum Gasteiger partial charge on any atom is 0.213 e. The van der Waals surface area contributed by atoms with Gasteiger partial charge in [-0.1, -0.05) is 11.3 Å². The lowest BCUT2D eigenvalue weighted by atomic mass is 10.1. The van der Waals surface area contributed by atoms with Crippen molar-refractivity contribution in [2.45, 2.75) is 0 Å². The van der Waals surface area contributed by atoms with E-state index in [9.17, 15) is 4.79 Å². The molecule has 94 valence electrons. The zero-order valence-electron chi connectivity index (χ0n) is 10.0. The minimum Gasteiger partial charge on any atom is -0.287 e. The number of fused-ring (bicyclic) bond motifs is 1. The third kappa shape index (κ3) is 2.04. The Morgan fingerprint density at radius 1 is 1.32 bits per heavy atom. The molecule has 3 rings (SSSR count). The van der Waals surface area contributed by atoms with E-state index in [0.29, 0.717) is 15.9 Å². The third-order valence-electron chi connectivity index (χ3n) is 2.87. The van der Waals surface area contributed by atoms with E-state index in [-0.39, 0.29) is 5.78 Å². The Balaban J connectivity index is 2.12. The van der Waals surface area contributed by atoms with Gasteiger partial charge in [0.2, 0.25) is 5.78 Å². The minimum absolute atomic E-state index is 0.120. The van der Waals surface area contributed by atoms with E-state index in [0.717, 1.165) is 10.9 Å². The number of carbonyl (C=O) groups excluding carboxylic acids is 1. The summed E-state index contributed by atoms with van der Waals surface area (Å²) >= 11 is 3.24. The Kier molecular flexibility index (Phi) is 2.87. The number of benzene rings is 1. The van der Waals surface area contributed by atoms with Crippen LogP contribution in [0.4, 0.5) is 0 Å². The highest BCUT2D eigenvalue weighted by Crippen LogP contribution is 2.19. The van der Waals surface area contributed by atoms with Crippen LogP contribution in [0.15, 0.2) is 41.1 Å². The summed E-state index contributed by atoms with van der Waals surface area (Å²) < 4.78 is 1.91. The lowest BCUT2D eigenvalue weighted by Gasteiger charge is -2.03. The van der Waals surface area contributed by atoms with Crippen LogP contribution in [-0.4, -0.2) is 25.8 Å². The van der Waals surface area contributed by atoms with Gasteiger partial charge in [-0.15, -0.1) is 5.10 Å². The molecule has 0 bridgehead atoms. The van der Waals surface area contributed by atoms with Crippen molar-refractivity contribution in [3.8, 4) is 0 Å². The molecule has 0 amide bonds. The van der Waals surface area contributed by atoms with Gasteiger partial charge in [-0.3, -0.25) is 9.78 Å². The molecule has 0 aliphatic carbocycles. The summed E-state index contributed by atoms with van der Waals surface area (Å²) in [4.78, 5) is 16.7. The maximum absolute atomic E-state index is 12.4. The smallest absolute Gasteiger partial charge is 0.213 e. The minimum atomic E-state index is -0.120. The molecule has 2 heterocycles. The highest BCUT2D eigenvalue weighted by atomic mass is 79.9. The number of rotatable bonds is 2. The van der Waals surface area contributed by atoms with Gasteiger partial charge in [0.15, 0.2) is 4.60 Å². The van der Waals surface area contributed by atoms with Gasteiger partial charge in [0.25, 0.3) is 0 Å². The number of hydrogen-bond donors (Lipinski definition) is 0. The fourth-order valence-corrected chi connectivity index (χ4v) is 2.43. The van der Waals surface area contributed by atoms with Gasteiger partial charge in [-0.2, -0.15) is 0 Å². The molecule has 0 fully saturated rings.